The van der Waals surface area contributed by atoms with Crippen molar-refractivity contribution in [1.29, 1.82) is 5.26 Å². The molecule has 1 aliphatic rings. The van der Waals surface area contributed by atoms with Gasteiger partial charge in [-0.25, -0.2) is 0 Å². The van der Waals surface area contributed by atoms with Gasteiger partial charge in [0.1, 0.15) is 0 Å². The summed E-state index contributed by atoms with van der Waals surface area (Å²) in [5.41, 5.74) is 2.33. The van der Waals surface area contributed by atoms with Crippen molar-refractivity contribution in [3.63, 3.8) is 0 Å². The first-order chi connectivity index (χ1) is 7.83. The van der Waals surface area contributed by atoms with Crippen molar-refractivity contribution in [3.05, 3.63) is 35.4 Å². The van der Waals surface area contributed by atoms with Gasteiger partial charge in [-0.05, 0) is 12.0 Å². The number of hydrogen-bond donors (Lipinski definition) is 0. The Balaban J connectivity index is 2.00. The minimum atomic E-state index is -0.302. The quantitative estimate of drug-likeness (QED) is 0.781. The van der Waals surface area contributed by atoms with E-state index in [9.17, 15) is 0 Å². The number of nitriles is 1. The van der Waals surface area contributed by atoms with Crippen LogP contribution in [0.4, 0.5) is 0 Å². The van der Waals surface area contributed by atoms with Crippen LogP contribution >= 0.6 is 0 Å². The first-order valence-corrected chi connectivity index (χ1v) is 5.56. The van der Waals surface area contributed by atoms with Gasteiger partial charge in [0, 0.05) is 5.56 Å². The summed E-state index contributed by atoms with van der Waals surface area (Å²) in [4.78, 5) is 0. The van der Waals surface area contributed by atoms with Gasteiger partial charge in [0.2, 0.25) is 0 Å². The summed E-state index contributed by atoms with van der Waals surface area (Å²) in [6.07, 6.45) is 1.04. The molecular weight excluding hydrogens is 202 g/mol. The summed E-state index contributed by atoms with van der Waals surface area (Å²) < 4.78 is 11.1. The Morgan fingerprint density at radius 2 is 2.12 bits per heavy atom. The molecule has 0 aromatic heterocycles. The van der Waals surface area contributed by atoms with Crippen molar-refractivity contribution >= 4 is 0 Å². The molecule has 1 aromatic carbocycles. The Kier molecular flexibility index (Phi) is 3.55. The molecule has 0 spiro atoms. The molecule has 1 saturated heterocycles. The molecule has 0 radical (unpaired) electrons. The molecule has 0 amide bonds. The van der Waals surface area contributed by atoms with E-state index in [-0.39, 0.29) is 12.4 Å². The van der Waals surface area contributed by atoms with E-state index in [1.807, 2.05) is 12.1 Å². The second-order valence-corrected chi connectivity index (χ2v) is 3.88. The average Bonchev–Trinajstić information content (AvgIpc) is 2.78. The topological polar surface area (TPSA) is 42.2 Å². The van der Waals surface area contributed by atoms with Crippen molar-refractivity contribution in [1.82, 2.24) is 0 Å². The van der Waals surface area contributed by atoms with Crippen LogP contribution in [-0.4, -0.2) is 12.7 Å². The molecule has 0 saturated carbocycles. The van der Waals surface area contributed by atoms with Gasteiger partial charge in [-0.3, -0.25) is 0 Å². The van der Waals surface area contributed by atoms with Gasteiger partial charge in [-0.15, -0.1) is 0 Å². The fourth-order valence-corrected chi connectivity index (χ4v) is 1.74. The maximum Gasteiger partial charge on any atom is 0.184 e. The molecule has 0 aliphatic carbocycles. The lowest BCUT2D eigenvalue weighted by Crippen LogP contribution is -2.07. The first kappa shape index (κ1) is 11.1. The lowest BCUT2D eigenvalue weighted by molar-refractivity contribution is -0.0592. The van der Waals surface area contributed by atoms with Crippen molar-refractivity contribution in [2.75, 3.05) is 6.61 Å². The number of rotatable bonds is 3. The Labute approximate surface area is 95.6 Å². The lowest BCUT2D eigenvalue weighted by atomic mass is 10.1. The predicted molar refractivity (Wildman–Crippen MR) is 59.6 cm³/mol. The molecule has 3 nitrogen and oxygen atoms in total. The van der Waals surface area contributed by atoms with Gasteiger partial charge in [0.05, 0.1) is 25.2 Å². The Morgan fingerprint density at radius 3 is 2.75 bits per heavy atom. The van der Waals surface area contributed by atoms with Crippen molar-refractivity contribution in [3.8, 4) is 6.07 Å². The van der Waals surface area contributed by atoms with Crippen molar-refractivity contribution in [2.45, 2.75) is 32.2 Å². The van der Waals surface area contributed by atoms with Gasteiger partial charge in [0.15, 0.2) is 6.29 Å². The smallest absolute Gasteiger partial charge is 0.184 e. The fraction of sp³-hybridized carbons (Fsp3) is 0.462. The zero-order chi connectivity index (χ0) is 11.4. The highest BCUT2D eigenvalue weighted by molar-refractivity contribution is 5.23. The van der Waals surface area contributed by atoms with Crippen LogP contribution in [0.2, 0.25) is 0 Å². The molecule has 2 unspecified atom stereocenters. The summed E-state index contributed by atoms with van der Waals surface area (Å²) in [6.45, 7) is 2.63. The number of hydrogen-bond acceptors (Lipinski definition) is 3. The minimum Gasteiger partial charge on any atom is -0.346 e. The molecule has 1 heterocycles. The molecule has 2 atom stereocenters. The number of benzene rings is 1. The molecule has 16 heavy (non-hydrogen) atoms. The third-order valence-corrected chi connectivity index (χ3v) is 2.73. The Bertz CT molecular complexity index is 380. The molecule has 3 heteroatoms. The van der Waals surface area contributed by atoms with Gasteiger partial charge in [-0.2, -0.15) is 5.26 Å². The normalized spacial score (nSPS) is 24.2. The third kappa shape index (κ3) is 2.41. The first-order valence-electron chi connectivity index (χ1n) is 5.56. The third-order valence-electron chi connectivity index (χ3n) is 2.73. The molecule has 84 valence electrons. The van der Waals surface area contributed by atoms with E-state index in [1.54, 1.807) is 0 Å². The maximum absolute atomic E-state index is 8.57. The highest BCUT2D eigenvalue weighted by atomic mass is 16.7. The zero-order valence-corrected chi connectivity index (χ0v) is 9.35. The van der Waals surface area contributed by atoms with Crippen LogP contribution in [0.3, 0.4) is 0 Å². The molecule has 1 aromatic rings. The van der Waals surface area contributed by atoms with E-state index in [1.165, 1.54) is 5.56 Å². The zero-order valence-electron chi connectivity index (χ0n) is 9.35. The second-order valence-electron chi connectivity index (χ2n) is 3.88. The monoisotopic (exact) mass is 217 g/mol. The molecule has 1 aliphatic heterocycles. The van der Waals surface area contributed by atoms with Crippen LogP contribution < -0.4 is 0 Å². The Hall–Kier alpha value is -1.37. The molecule has 0 N–H and O–H groups in total. The molecular formula is C13H15NO2. The van der Waals surface area contributed by atoms with E-state index in [0.717, 1.165) is 12.0 Å². The van der Waals surface area contributed by atoms with Crippen LogP contribution in [0.15, 0.2) is 24.3 Å². The van der Waals surface area contributed by atoms with E-state index >= 15 is 0 Å². The maximum atomic E-state index is 8.57. The van der Waals surface area contributed by atoms with Gasteiger partial charge in [-0.1, -0.05) is 31.2 Å². The predicted octanol–water partition coefficient (Wildman–Crippen LogP) is 2.58. The standard InChI is InChI=1S/C13H15NO2/c1-2-10-3-5-11(6-4-10)13-15-9-12(16-13)7-8-14/h3-6,12-13H,2,7,9H2,1H3. The summed E-state index contributed by atoms with van der Waals surface area (Å²) >= 11 is 0. The van der Waals surface area contributed by atoms with Crippen LogP contribution in [-0.2, 0) is 15.9 Å². The number of ether oxygens (including phenoxy) is 2. The summed E-state index contributed by atoms with van der Waals surface area (Å²) in [5, 5.41) is 8.57. The van der Waals surface area contributed by atoms with Crippen molar-refractivity contribution < 1.29 is 9.47 Å². The molecule has 2 rings (SSSR count). The van der Waals surface area contributed by atoms with Crippen LogP contribution in [0.1, 0.15) is 30.8 Å². The van der Waals surface area contributed by atoms with E-state index < -0.39 is 0 Å². The van der Waals surface area contributed by atoms with Gasteiger partial charge < -0.3 is 9.47 Å². The largest absolute Gasteiger partial charge is 0.346 e. The summed E-state index contributed by atoms with van der Waals surface area (Å²) in [5.74, 6) is 0. The van der Waals surface area contributed by atoms with Crippen LogP contribution in [0.25, 0.3) is 0 Å². The van der Waals surface area contributed by atoms with Gasteiger partial charge in [0.25, 0.3) is 0 Å². The minimum absolute atomic E-state index is 0.0825. The number of nitrogens with zero attached hydrogens (tertiary/aromatic N) is 1. The molecule has 1 fully saturated rings. The highest BCUT2D eigenvalue weighted by Crippen LogP contribution is 2.28. The van der Waals surface area contributed by atoms with Crippen molar-refractivity contribution in [2.24, 2.45) is 0 Å². The molecule has 0 bridgehead atoms. The van der Waals surface area contributed by atoms with Crippen LogP contribution in [0.5, 0.6) is 0 Å². The second kappa shape index (κ2) is 5.11. The van der Waals surface area contributed by atoms with Gasteiger partial charge >= 0.3 is 0 Å². The SMILES string of the molecule is CCc1ccc(C2OCC(CC#N)O2)cc1. The van der Waals surface area contributed by atoms with E-state index in [0.29, 0.717) is 13.0 Å². The number of aryl methyl sites for hydroxylation is 1. The highest BCUT2D eigenvalue weighted by Gasteiger charge is 2.26. The van der Waals surface area contributed by atoms with E-state index in [4.69, 9.17) is 14.7 Å². The average molecular weight is 217 g/mol. The summed E-state index contributed by atoms with van der Waals surface area (Å²) in [7, 11) is 0. The Morgan fingerprint density at radius 1 is 1.38 bits per heavy atom. The summed E-state index contributed by atoms with van der Waals surface area (Å²) in [6, 6.07) is 10.3. The lowest BCUT2D eigenvalue weighted by Gasteiger charge is -2.10. The fourth-order valence-electron chi connectivity index (χ4n) is 1.74. The van der Waals surface area contributed by atoms with Crippen LogP contribution in [0, 0.1) is 11.3 Å². The van der Waals surface area contributed by atoms with E-state index in [2.05, 4.69) is 25.1 Å².